The van der Waals surface area contributed by atoms with E-state index in [2.05, 4.69) is 5.10 Å². The monoisotopic (exact) mass is 344 g/mol. The van der Waals surface area contributed by atoms with E-state index in [4.69, 9.17) is 4.74 Å². The Morgan fingerprint density at radius 3 is 2.26 bits per heavy atom. The molecule has 9 nitrogen and oxygen atoms in total. The molecule has 0 aromatic carbocycles. The Morgan fingerprint density at radius 2 is 1.74 bits per heavy atom. The Kier molecular flexibility index (Phi) is 4.41. The van der Waals surface area contributed by atoms with Crippen molar-refractivity contribution in [3.8, 4) is 0 Å². The zero-order valence-corrected chi connectivity index (χ0v) is 13.5. The summed E-state index contributed by atoms with van der Waals surface area (Å²) in [5.74, 6) is -0.982. The van der Waals surface area contributed by atoms with Gasteiger partial charge in [0.2, 0.25) is 0 Å². The van der Waals surface area contributed by atoms with E-state index < -0.39 is 21.7 Å². The predicted octanol–water partition coefficient (Wildman–Crippen LogP) is -0.664. The van der Waals surface area contributed by atoms with Gasteiger partial charge in [0.05, 0.1) is 13.2 Å². The number of nitrogens with zero attached hydrogens (tertiary/aromatic N) is 4. The van der Waals surface area contributed by atoms with Crippen LogP contribution in [0, 0.1) is 0 Å². The SMILES string of the molecule is O=C(O)C1(n2cccn2)CCN(S(=O)(=O)N2CCOCC2)CC1. The van der Waals surface area contributed by atoms with Crippen LogP contribution >= 0.6 is 0 Å². The van der Waals surface area contributed by atoms with Crippen molar-refractivity contribution in [3.05, 3.63) is 18.5 Å². The molecular formula is C13H20N4O5S. The molecule has 0 aliphatic carbocycles. The fraction of sp³-hybridized carbons (Fsp3) is 0.692. The molecule has 10 heteroatoms. The molecule has 1 N–H and O–H groups in total. The van der Waals surface area contributed by atoms with Gasteiger partial charge in [0.1, 0.15) is 0 Å². The number of piperidine rings is 1. The van der Waals surface area contributed by atoms with Crippen LogP contribution in [0.15, 0.2) is 18.5 Å². The lowest BCUT2D eigenvalue weighted by atomic mass is 9.88. The predicted molar refractivity (Wildman–Crippen MR) is 80.0 cm³/mol. The molecule has 0 atom stereocenters. The lowest BCUT2D eigenvalue weighted by Gasteiger charge is -2.40. The summed E-state index contributed by atoms with van der Waals surface area (Å²) in [6.45, 7) is 1.76. The molecule has 2 aliphatic heterocycles. The van der Waals surface area contributed by atoms with E-state index in [9.17, 15) is 18.3 Å². The van der Waals surface area contributed by atoms with Crippen LogP contribution in [0.1, 0.15) is 12.8 Å². The molecule has 0 radical (unpaired) electrons. The molecule has 1 aromatic rings. The van der Waals surface area contributed by atoms with Crippen molar-refractivity contribution in [2.75, 3.05) is 39.4 Å². The third-order valence-corrected chi connectivity index (χ3v) is 6.55. The summed E-state index contributed by atoms with van der Waals surface area (Å²) >= 11 is 0. The Bertz CT molecular complexity index is 646. The summed E-state index contributed by atoms with van der Waals surface area (Å²) in [5.41, 5.74) is -1.18. The molecular weight excluding hydrogens is 324 g/mol. The normalized spacial score (nSPS) is 23.7. The number of carboxylic acid groups (broad SMARTS) is 1. The second kappa shape index (κ2) is 6.19. The maximum atomic E-state index is 12.6. The summed E-state index contributed by atoms with van der Waals surface area (Å²) in [6, 6.07) is 1.67. The molecule has 23 heavy (non-hydrogen) atoms. The van der Waals surface area contributed by atoms with Crippen LogP contribution in [0.25, 0.3) is 0 Å². The number of hydrogen-bond acceptors (Lipinski definition) is 5. The van der Waals surface area contributed by atoms with Crippen LogP contribution in [0.5, 0.6) is 0 Å². The minimum absolute atomic E-state index is 0.159. The van der Waals surface area contributed by atoms with Crippen LogP contribution in [0.4, 0.5) is 0 Å². The number of morpholine rings is 1. The number of hydrogen-bond donors (Lipinski definition) is 1. The lowest BCUT2D eigenvalue weighted by molar-refractivity contribution is -0.150. The number of aromatic nitrogens is 2. The Hall–Kier alpha value is -1.49. The second-order valence-corrected chi connectivity index (χ2v) is 7.63. The molecule has 1 aromatic heterocycles. The molecule has 0 bridgehead atoms. The number of ether oxygens (including phenoxy) is 1. The van der Waals surface area contributed by atoms with E-state index in [1.54, 1.807) is 12.3 Å². The van der Waals surface area contributed by atoms with Crippen molar-refractivity contribution in [3.63, 3.8) is 0 Å². The molecule has 2 fully saturated rings. The van der Waals surface area contributed by atoms with Crippen molar-refractivity contribution in [2.24, 2.45) is 0 Å². The highest BCUT2D eigenvalue weighted by molar-refractivity contribution is 7.86. The highest BCUT2D eigenvalue weighted by Gasteiger charge is 2.46. The van der Waals surface area contributed by atoms with Crippen LogP contribution in [-0.4, -0.2) is 77.3 Å². The van der Waals surface area contributed by atoms with Crippen molar-refractivity contribution in [2.45, 2.75) is 18.4 Å². The summed E-state index contributed by atoms with van der Waals surface area (Å²) in [7, 11) is -3.57. The Labute approximate surface area is 134 Å². The number of aliphatic carboxylic acids is 1. The minimum Gasteiger partial charge on any atom is -0.479 e. The van der Waals surface area contributed by atoms with Crippen molar-refractivity contribution < 1.29 is 23.1 Å². The van der Waals surface area contributed by atoms with E-state index in [0.717, 1.165) is 0 Å². The van der Waals surface area contributed by atoms with Crippen LogP contribution in [-0.2, 0) is 25.3 Å². The van der Waals surface area contributed by atoms with Gasteiger partial charge >= 0.3 is 5.97 Å². The van der Waals surface area contributed by atoms with Crippen molar-refractivity contribution in [1.82, 2.24) is 18.4 Å². The van der Waals surface area contributed by atoms with Gasteiger partial charge in [-0.2, -0.15) is 22.1 Å². The maximum Gasteiger partial charge on any atom is 0.331 e. The summed E-state index contributed by atoms with van der Waals surface area (Å²) < 4.78 is 34.6. The highest BCUT2D eigenvalue weighted by Crippen LogP contribution is 2.31. The molecule has 0 saturated carbocycles. The first kappa shape index (κ1) is 16.4. The van der Waals surface area contributed by atoms with E-state index in [-0.39, 0.29) is 25.9 Å². The van der Waals surface area contributed by atoms with Gasteiger partial charge in [-0.25, -0.2) is 4.79 Å². The molecule has 3 heterocycles. The third-order valence-electron chi connectivity index (χ3n) is 4.51. The van der Waals surface area contributed by atoms with E-state index in [1.807, 2.05) is 0 Å². The first-order valence-corrected chi connectivity index (χ1v) is 8.93. The topological polar surface area (TPSA) is 105 Å². The highest BCUT2D eigenvalue weighted by atomic mass is 32.2. The van der Waals surface area contributed by atoms with Crippen molar-refractivity contribution >= 4 is 16.2 Å². The smallest absolute Gasteiger partial charge is 0.331 e. The maximum absolute atomic E-state index is 12.6. The second-order valence-electron chi connectivity index (χ2n) is 5.71. The fourth-order valence-corrected chi connectivity index (χ4v) is 4.67. The molecule has 0 amide bonds. The zero-order chi connectivity index (χ0) is 16.5. The summed E-state index contributed by atoms with van der Waals surface area (Å²) in [5, 5.41) is 13.7. The van der Waals surface area contributed by atoms with Crippen LogP contribution in [0.3, 0.4) is 0 Å². The lowest BCUT2D eigenvalue weighted by Crippen LogP contribution is -2.56. The number of carbonyl (C=O) groups is 1. The molecule has 2 saturated heterocycles. The van der Waals surface area contributed by atoms with Crippen molar-refractivity contribution in [1.29, 1.82) is 0 Å². The Balaban J connectivity index is 1.75. The molecule has 0 spiro atoms. The van der Waals surface area contributed by atoms with Gasteiger partial charge in [0.25, 0.3) is 10.2 Å². The minimum atomic E-state index is -3.57. The average molecular weight is 344 g/mol. The van der Waals surface area contributed by atoms with Gasteiger partial charge in [-0.15, -0.1) is 0 Å². The van der Waals surface area contributed by atoms with Gasteiger partial charge < -0.3 is 9.84 Å². The first-order chi connectivity index (χ1) is 11.0. The Morgan fingerprint density at radius 1 is 1.13 bits per heavy atom. The summed E-state index contributed by atoms with van der Waals surface area (Å²) in [4.78, 5) is 11.8. The number of carboxylic acids is 1. The van der Waals surface area contributed by atoms with Gasteiger partial charge in [0.15, 0.2) is 5.54 Å². The van der Waals surface area contributed by atoms with Gasteiger partial charge in [0, 0.05) is 38.6 Å². The van der Waals surface area contributed by atoms with Gasteiger partial charge in [-0.1, -0.05) is 0 Å². The first-order valence-electron chi connectivity index (χ1n) is 7.53. The molecule has 3 rings (SSSR count). The molecule has 2 aliphatic rings. The average Bonchev–Trinajstić information content (AvgIpc) is 3.10. The largest absolute Gasteiger partial charge is 0.479 e. The molecule has 0 unspecified atom stereocenters. The van der Waals surface area contributed by atoms with Crippen LogP contribution < -0.4 is 0 Å². The van der Waals surface area contributed by atoms with E-state index in [0.29, 0.717) is 26.3 Å². The summed E-state index contributed by atoms with van der Waals surface area (Å²) in [6.07, 6.45) is 3.52. The zero-order valence-electron chi connectivity index (χ0n) is 12.7. The van der Waals surface area contributed by atoms with E-state index in [1.165, 1.54) is 19.5 Å². The standard InChI is InChI=1S/C13H20N4O5S/c18-12(19)13(17-5-1-4-14-17)2-6-15(7-3-13)23(20,21)16-8-10-22-11-9-16/h1,4-5H,2-3,6-11H2,(H,18,19). The quantitative estimate of drug-likeness (QED) is 0.777. The third kappa shape index (κ3) is 2.87. The number of rotatable bonds is 4. The van der Waals surface area contributed by atoms with Crippen LogP contribution in [0.2, 0.25) is 0 Å². The molecule has 128 valence electrons. The van der Waals surface area contributed by atoms with Gasteiger partial charge in [-0.05, 0) is 18.9 Å². The van der Waals surface area contributed by atoms with E-state index >= 15 is 0 Å². The fourth-order valence-electron chi connectivity index (χ4n) is 3.09. The van der Waals surface area contributed by atoms with Gasteiger partial charge in [-0.3, -0.25) is 4.68 Å².